The van der Waals surface area contributed by atoms with Crippen LogP contribution in [0.1, 0.15) is 27.4 Å². The molecule has 7 heteroatoms. The minimum absolute atomic E-state index is 0.232. The molecule has 1 N–H and O–H groups in total. The third kappa shape index (κ3) is 2.89. The molecule has 0 aliphatic rings. The molecule has 0 unspecified atom stereocenters. The predicted molar refractivity (Wildman–Crippen MR) is 82.5 cm³/mol. The summed E-state index contributed by atoms with van der Waals surface area (Å²) in [5, 5.41) is 8.66. The largest absolute Gasteiger partial charge is 0.354 e. The van der Waals surface area contributed by atoms with Crippen molar-refractivity contribution < 1.29 is 9.32 Å². The molecule has 0 bridgehead atoms. The number of amides is 1. The van der Waals surface area contributed by atoms with Gasteiger partial charge in [0.2, 0.25) is 0 Å². The smallest absolute Gasteiger partial charge is 0.257 e. The number of nitrogens with one attached hydrogen (secondary N) is 1. The zero-order valence-corrected chi connectivity index (χ0v) is 13.0. The van der Waals surface area contributed by atoms with E-state index in [0.717, 1.165) is 10.6 Å². The summed E-state index contributed by atoms with van der Waals surface area (Å²) in [6, 6.07) is 3.80. The second-order valence-electron chi connectivity index (χ2n) is 4.78. The number of rotatable bonds is 4. The van der Waals surface area contributed by atoms with Gasteiger partial charge in [-0.25, -0.2) is 0 Å². The molecule has 0 saturated heterocycles. The SMILES string of the molecule is Cc1cnc(CNC(=O)c2c(C)noc2-c2cccs2)cn1. The maximum atomic E-state index is 12.4. The van der Waals surface area contributed by atoms with Crippen molar-refractivity contribution >= 4 is 17.2 Å². The molecule has 0 fully saturated rings. The van der Waals surface area contributed by atoms with Crippen LogP contribution in [0.3, 0.4) is 0 Å². The quantitative estimate of drug-likeness (QED) is 0.801. The molecular formula is C15H14N4O2S. The van der Waals surface area contributed by atoms with Gasteiger partial charge in [0.25, 0.3) is 5.91 Å². The van der Waals surface area contributed by atoms with Crippen LogP contribution >= 0.6 is 11.3 Å². The third-order valence-electron chi connectivity index (χ3n) is 3.10. The van der Waals surface area contributed by atoms with E-state index in [1.807, 2.05) is 24.4 Å². The van der Waals surface area contributed by atoms with Gasteiger partial charge in [0.1, 0.15) is 5.56 Å². The first-order chi connectivity index (χ1) is 10.6. The van der Waals surface area contributed by atoms with Crippen LogP contribution in [0, 0.1) is 13.8 Å². The number of hydrogen-bond acceptors (Lipinski definition) is 6. The van der Waals surface area contributed by atoms with E-state index in [0.29, 0.717) is 29.3 Å². The van der Waals surface area contributed by atoms with Crippen molar-refractivity contribution in [3.05, 3.63) is 52.6 Å². The number of thiophene rings is 1. The number of carbonyl (C=O) groups excluding carboxylic acids is 1. The Kier molecular flexibility index (Phi) is 3.97. The first-order valence-corrected chi connectivity index (χ1v) is 7.59. The lowest BCUT2D eigenvalue weighted by molar-refractivity contribution is 0.0950. The summed E-state index contributed by atoms with van der Waals surface area (Å²) >= 11 is 1.50. The highest BCUT2D eigenvalue weighted by molar-refractivity contribution is 7.13. The van der Waals surface area contributed by atoms with Crippen molar-refractivity contribution in [3.63, 3.8) is 0 Å². The highest BCUT2D eigenvalue weighted by Crippen LogP contribution is 2.29. The van der Waals surface area contributed by atoms with Gasteiger partial charge in [-0.2, -0.15) is 0 Å². The van der Waals surface area contributed by atoms with Gasteiger partial charge in [-0.15, -0.1) is 11.3 Å². The van der Waals surface area contributed by atoms with Gasteiger partial charge in [0.05, 0.1) is 34.7 Å². The van der Waals surface area contributed by atoms with Crippen LogP contribution in [0.25, 0.3) is 10.6 Å². The normalized spacial score (nSPS) is 10.6. The van der Waals surface area contributed by atoms with Crippen LogP contribution < -0.4 is 5.32 Å². The molecule has 0 radical (unpaired) electrons. The molecule has 112 valence electrons. The molecule has 3 aromatic heterocycles. The molecular weight excluding hydrogens is 300 g/mol. The van der Waals surface area contributed by atoms with E-state index < -0.39 is 0 Å². The van der Waals surface area contributed by atoms with E-state index in [4.69, 9.17) is 4.52 Å². The molecule has 0 saturated carbocycles. The zero-order chi connectivity index (χ0) is 15.5. The molecule has 6 nitrogen and oxygen atoms in total. The van der Waals surface area contributed by atoms with Crippen LogP contribution in [-0.4, -0.2) is 21.0 Å². The Balaban J connectivity index is 1.78. The van der Waals surface area contributed by atoms with Gasteiger partial charge >= 0.3 is 0 Å². The van der Waals surface area contributed by atoms with Crippen molar-refractivity contribution in [2.45, 2.75) is 20.4 Å². The number of aromatic nitrogens is 3. The van der Waals surface area contributed by atoms with Crippen molar-refractivity contribution in [2.24, 2.45) is 0 Å². The second kappa shape index (κ2) is 6.07. The minimum atomic E-state index is -0.232. The van der Waals surface area contributed by atoms with Crippen molar-refractivity contribution in [3.8, 4) is 10.6 Å². The topological polar surface area (TPSA) is 80.9 Å². The first-order valence-electron chi connectivity index (χ1n) is 6.71. The highest BCUT2D eigenvalue weighted by atomic mass is 32.1. The summed E-state index contributed by atoms with van der Waals surface area (Å²) < 4.78 is 5.30. The minimum Gasteiger partial charge on any atom is -0.354 e. The summed E-state index contributed by atoms with van der Waals surface area (Å²) in [4.78, 5) is 21.7. The molecule has 3 aromatic rings. The van der Waals surface area contributed by atoms with E-state index >= 15 is 0 Å². The Bertz CT molecular complexity index is 778. The van der Waals surface area contributed by atoms with Crippen LogP contribution in [0.2, 0.25) is 0 Å². The highest BCUT2D eigenvalue weighted by Gasteiger charge is 2.22. The van der Waals surface area contributed by atoms with E-state index in [-0.39, 0.29) is 5.91 Å². The second-order valence-corrected chi connectivity index (χ2v) is 5.73. The molecule has 0 spiro atoms. The molecule has 0 aliphatic carbocycles. The Labute approximate surface area is 131 Å². The fourth-order valence-corrected chi connectivity index (χ4v) is 2.69. The van der Waals surface area contributed by atoms with Gasteiger partial charge in [0, 0.05) is 6.20 Å². The fourth-order valence-electron chi connectivity index (χ4n) is 1.98. The summed E-state index contributed by atoms with van der Waals surface area (Å²) in [6.45, 7) is 3.92. The molecule has 1 amide bonds. The standard InChI is InChI=1S/C15H14N4O2S/c1-9-6-17-11(7-16-9)8-18-15(20)13-10(2)19-21-14(13)12-4-3-5-22-12/h3-7H,8H2,1-2H3,(H,18,20). The lowest BCUT2D eigenvalue weighted by atomic mass is 10.1. The molecule has 3 heterocycles. The summed E-state index contributed by atoms with van der Waals surface area (Å²) in [5.41, 5.74) is 2.56. The molecule has 0 atom stereocenters. The average Bonchev–Trinajstić information content (AvgIpc) is 3.15. The Morgan fingerprint density at radius 2 is 2.18 bits per heavy atom. The third-order valence-corrected chi connectivity index (χ3v) is 3.97. The number of nitrogens with zero attached hydrogens (tertiary/aromatic N) is 3. The van der Waals surface area contributed by atoms with E-state index in [1.165, 1.54) is 11.3 Å². The summed E-state index contributed by atoms with van der Waals surface area (Å²) in [5.74, 6) is 0.268. The Morgan fingerprint density at radius 1 is 1.32 bits per heavy atom. The number of aryl methyl sites for hydroxylation is 2. The van der Waals surface area contributed by atoms with Crippen LogP contribution in [0.15, 0.2) is 34.4 Å². The van der Waals surface area contributed by atoms with Gasteiger partial charge in [0.15, 0.2) is 5.76 Å². The zero-order valence-electron chi connectivity index (χ0n) is 12.2. The fraction of sp³-hybridized carbons (Fsp3) is 0.200. The number of carbonyl (C=O) groups is 1. The van der Waals surface area contributed by atoms with E-state index in [9.17, 15) is 4.79 Å². The lowest BCUT2D eigenvalue weighted by Gasteiger charge is -2.04. The van der Waals surface area contributed by atoms with Gasteiger partial charge in [-0.1, -0.05) is 11.2 Å². The first kappa shape index (κ1) is 14.4. The van der Waals surface area contributed by atoms with Gasteiger partial charge in [-0.3, -0.25) is 14.8 Å². The van der Waals surface area contributed by atoms with Crippen LogP contribution in [-0.2, 0) is 6.54 Å². The monoisotopic (exact) mass is 314 g/mol. The maximum Gasteiger partial charge on any atom is 0.257 e. The van der Waals surface area contributed by atoms with E-state index in [1.54, 1.807) is 19.3 Å². The average molecular weight is 314 g/mol. The van der Waals surface area contributed by atoms with Gasteiger partial charge < -0.3 is 9.84 Å². The molecule has 0 aromatic carbocycles. The van der Waals surface area contributed by atoms with Crippen LogP contribution in [0.4, 0.5) is 0 Å². The predicted octanol–water partition coefficient (Wildman–Crippen LogP) is 2.74. The van der Waals surface area contributed by atoms with Crippen molar-refractivity contribution in [1.29, 1.82) is 0 Å². The lowest BCUT2D eigenvalue weighted by Crippen LogP contribution is -2.24. The number of hydrogen-bond donors (Lipinski definition) is 1. The van der Waals surface area contributed by atoms with Crippen LogP contribution in [0.5, 0.6) is 0 Å². The molecule has 22 heavy (non-hydrogen) atoms. The molecule has 0 aliphatic heterocycles. The maximum absolute atomic E-state index is 12.4. The Morgan fingerprint density at radius 3 is 2.86 bits per heavy atom. The Hall–Kier alpha value is -2.54. The van der Waals surface area contributed by atoms with Gasteiger partial charge in [-0.05, 0) is 25.3 Å². The molecule has 3 rings (SSSR count). The van der Waals surface area contributed by atoms with Crippen molar-refractivity contribution in [1.82, 2.24) is 20.4 Å². The van der Waals surface area contributed by atoms with E-state index in [2.05, 4.69) is 20.4 Å². The summed E-state index contributed by atoms with van der Waals surface area (Å²) in [7, 11) is 0. The summed E-state index contributed by atoms with van der Waals surface area (Å²) in [6.07, 6.45) is 3.32. The van der Waals surface area contributed by atoms with Crippen molar-refractivity contribution in [2.75, 3.05) is 0 Å².